The molecule has 37 heavy (non-hydrogen) atoms. The Bertz CT molecular complexity index is 1110. The van der Waals surface area contributed by atoms with E-state index in [9.17, 15) is 14.4 Å². The molecule has 0 aromatic heterocycles. The van der Waals surface area contributed by atoms with E-state index in [1.54, 1.807) is 37.4 Å². The van der Waals surface area contributed by atoms with E-state index < -0.39 is 17.9 Å². The monoisotopic (exact) mass is 513 g/mol. The number of carbonyl (C=O) groups excluding carboxylic acids is 3. The number of benzene rings is 2. The molecule has 0 unspecified atom stereocenters. The zero-order chi connectivity index (χ0) is 26.5. The van der Waals surface area contributed by atoms with E-state index in [-0.39, 0.29) is 26.3 Å². The van der Waals surface area contributed by atoms with Gasteiger partial charge in [0.15, 0.2) is 0 Å². The van der Waals surface area contributed by atoms with E-state index in [2.05, 4.69) is 10.2 Å². The summed E-state index contributed by atoms with van der Waals surface area (Å²) in [5.74, 6) is -0.843. The lowest BCUT2D eigenvalue weighted by Crippen LogP contribution is -2.42. The quantitative estimate of drug-likeness (QED) is 0.207. The molecule has 0 radical (unpaired) electrons. The van der Waals surface area contributed by atoms with Crippen molar-refractivity contribution in [1.82, 2.24) is 4.90 Å². The molecule has 0 atom stereocenters. The smallest absolute Gasteiger partial charge is 0.411 e. The van der Waals surface area contributed by atoms with Crippen molar-refractivity contribution in [3.05, 3.63) is 52.9 Å². The van der Waals surface area contributed by atoms with Crippen molar-refractivity contribution in [2.75, 3.05) is 78.4 Å². The highest BCUT2D eigenvalue weighted by Gasteiger charge is 2.33. The Hall–Kier alpha value is -3.56. The van der Waals surface area contributed by atoms with Crippen molar-refractivity contribution in [1.29, 1.82) is 0 Å². The molecule has 0 fully saturated rings. The maximum atomic E-state index is 13.1. The zero-order valence-corrected chi connectivity index (χ0v) is 20.8. The Morgan fingerprint density at radius 3 is 2.22 bits per heavy atom. The second-order valence-corrected chi connectivity index (χ2v) is 7.98. The van der Waals surface area contributed by atoms with Gasteiger partial charge in [-0.3, -0.25) is 19.8 Å². The van der Waals surface area contributed by atoms with E-state index >= 15 is 0 Å². The fourth-order valence-electron chi connectivity index (χ4n) is 3.75. The van der Waals surface area contributed by atoms with Gasteiger partial charge in [0, 0.05) is 29.0 Å². The molecule has 1 N–H and O–H groups in total. The van der Waals surface area contributed by atoms with Crippen LogP contribution in [-0.4, -0.2) is 95.9 Å². The molecule has 0 saturated heterocycles. The average Bonchev–Trinajstić information content (AvgIpc) is 2.90. The summed E-state index contributed by atoms with van der Waals surface area (Å²) < 4.78 is 26.2. The van der Waals surface area contributed by atoms with Crippen molar-refractivity contribution < 1.29 is 38.1 Å². The normalized spacial score (nSPS) is 12.6. The molecule has 3 rings (SSSR count). The first-order chi connectivity index (χ1) is 18.1. The summed E-state index contributed by atoms with van der Waals surface area (Å²) in [5.41, 5.74) is 1.17. The topological polar surface area (TPSA) is 117 Å². The first kappa shape index (κ1) is 28.0. The molecule has 1 heterocycles. The summed E-state index contributed by atoms with van der Waals surface area (Å²) in [4.78, 5) is 42.8. The first-order valence-corrected chi connectivity index (χ1v) is 12.0. The number of imide groups is 1. The van der Waals surface area contributed by atoms with E-state index in [1.807, 2.05) is 0 Å². The number of hydrogen-bond donors (Lipinski definition) is 1. The van der Waals surface area contributed by atoms with Crippen LogP contribution in [0.1, 0.15) is 27.1 Å². The third-order valence-electron chi connectivity index (χ3n) is 5.51. The SMILES string of the molecule is [C-]#[N+]CCCOC(=O)Nc1ccc2c3c(cccc13)C(=O)N(CCOCCOCCOCCOC)C2=O. The van der Waals surface area contributed by atoms with E-state index in [0.29, 0.717) is 73.6 Å². The Morgan fingerprint density at radius 2 is 1.54 bits per heavy atom. The second kappa shape index (κ2) is 14.9. The number of anilines is 1. The molecule has 1 aliphatic heterocycles. The third kappa shape index (κ3) is 7.71. The number of nitrogens with zero attached hydrogens (tertiary/aromatic N) is 2. The number of hydrogen-bond acceptors (Lipinski definition) is 8. The van der Waals surface area contributed by atoms with Crippen molar-refractivity contribution >= 4 is 34.4 Å². The molecule has 3 amide bonds. The minimum absolute atomic E-state index is 0.102. The van der Waals surface area contributed by atoms with Gasteiger partial charge in [-0.05, 0) is 18.2 Å². The lowest BCUT2D eigenvalue weighted by atomic mass is 9.93. The van der Waals surface area contributed by atoms with Crippen LogP contribution in [-0.2, 0) is 23.7 Å². The average molecular weight is 514 g/mol. The fourth-order valence-corrected chi connectivity index (χ4v) is 3.75. The summed E-state index contributed by atoms with van der Waals surface area (Å²) in [6.45, 7) is 10.1. The summed E-state index contributed by atoms with van der Waals surface area (Å²) in [7, 11) is 1.61. The van der Waals surface area contributed by atoms with E-state index in [4.69, 9.17) is 30.3 Å². The molecule has 0 spiro atoms. The van der Waals surface area contributed by atoms with Crippen molar-refractivity contribution in [3.8, 4) is 0 Å². The van der Waals surface area contributed by atoms with Crippen LogP contribution in [0.5, 0.6) is 0 Å². The summed E-state index contributed by atoms with van der Waals surface area (Å²) in [6, 6.07) is 8.29. The van der Waals surface area contributed by atoms with Crippen molar-refractivity contribution in [3.63, 3.8) is 0 Å². The molecule has 1 aliphatic rings. The molecule has 11 nitrogen and oxygen atoms in total. The Balaban J connectivity index is 1.53. The van der Waals surface area contributed by atoms with Gasteiger partial charge in [-0.2, -0.15) is 0 Å². The predicted octanol–water partition coefficient (Wildman–Crippen LogP) is 2.99. The number of ether oxygens (including phenoxy) is 5. The van der Waals surface area contributed by atoms with Gasteiger partial charge in [0.25, 0.3) is 11.8 Å². The highest BCUT2D eigenvalue weighted by molar-refractivity contribution is 6.27. The standard InChI is InChI=1S/C26H31N3O8/c1-27-9-4-11-37-26(32)28-22-8-7-21-23-19(22)5-3-6-20(23)24(30)29(25(21)31)10-12-34-15-16-36-18-17-35-14-13-33-2/h3,5-8H,4,9-18H2,2H3,(H,28,32). The largest absolute Gasteiger partial charge is 0.449 e. The van der Waals surface area contributed by atoms with Crippen LogP contribution in [0.4, 0.5) is 10.5 Å². The lowest BCUT2D eigenvalue weighted by molar-refractivity contribution is 0.00148. The maximum absolute atomic E-state index is 13.1. The van der Waals surface area contributed by atoms with Gasteiger partial charge < -0.3 is 28.5 Å². The minimum Gasteiger partial charge on any atom is -0.449 e. The van der Waals surface area contributed by atoms with Crippen LogP contribution in [0, 0.1) is 6.57 Å². The molecule has 0 bridgehead atoms. The van der Waals surface area contributed by atoms with E-state index in [1.165, 1.54) is 4.90 Å². The third-order valence-corrected chi connectivity index (χ3v) is 5.51. The molecule has 0 aliphatic carbocycles. The first-order valence-electron chi connectivity index (χ1n) is 12.0. The fraction of sp³-hybridized carbons (Fsp3) is 0.462. The molecular formula is C26H31N3O8. The van der Waals surface area contributed by atoms with Crippen LogP contribution in [0.25, 0.3) is 15.6 Å². The van der Waals surface area contributed by atoms with Crippen LogP contribution in [0.15, 0.2) is 30.3 Å². The van der Waals surface area contributed by atoms with Gasteiger partial charge in [0.2, 0.25) is 6.54 Å². The number of methoxy groups -OCH3 is 1. The van der Waals surface area contributed by atoms with Crippen molar-refractivity contribution in [2.24, 2.45) is 0 Å². The summed E-state index contributed by atoms with van der Waals surface area (Å²) in [5, 5.41) is 3.71. The molecule has 2 aromatic rings. The van der Waals surface area contributed by atoms with Gasteiger partial charge in [-0.15, -0.1) is 0 Å². The minimum atomic E-state index is -0.666. The Kier molecular flexibility index (Phi) is 11.3. The van der Waals surface area contributed by atoms with Crippen molar-refractivity contribution in [2.45, 2.75) is 6.42 Å². The lowest BCUT2D eigenvalue weighted by Gasteiger charge is -2.27. The highest BCUT2D eigenvalue weighted by Crippen LogP contribution is 2.34. The number of amides is 3. The van der Waals surface area contributed by atoms with Crippen LogP contribution < -0.4 is 5.32 Å². The highest BCUT2D eigenvalue weighted by atomic mass is 16.6. The Morgan fingerprint density at radius 1 is 0.892 bits per heavy atom. The van der Waals surface area contributed by atoms with Crippen LogP contribution >= 0.6 is 0 Å². The number of nitrogens with one attached hydrogen (secondary N) is 1. The maximum Gasteiger partial charge on any atom is 0.411 e. The van der Waals surface area contributed by atoms with Crippen LogP contribution in [0.2, 0.25) is 0 Å². The summed E-state index contributed by atoms with van der Waals surface area (Å²) >= 11 is 0. The molecular weight excluding hydrogens is 482 g/mol. The number of rotatable bonds is 16. The second-order valence-electron chi connectivity index (χ2n) is 7.98. The predicted molar refractivity (Wildman–Crippen MR) is 135 cm³/mol. The molecule has 2 aromatic carbocycles. The van der Waals surface area contributed by atoms with Gasteiger partial charge in [-0.1, -0.05) is 12.1 Å². The van der Waals surface area contributed by atoms with Gasteiger partial charge in [-0.25, -0.2) is 11.4 Å². The van der Waals surface area contributed by atoms with Gasteiger partial charge >= 0.3 is 6.09 Å². The summed E-state index contributed by atoms with van der Waals surface area (Å²) in [6.07, 6.45) is -0.221. The van der Waals surface area contributed by atoms with Crippen LogP contribution in [0.3, 0.4) is 0 Å². The van der Waals surface area contributed by atoms with Gasteiger partial charge in [0.1, 0.15) is 6.61 Å². The molecule has 198 valence electrons. The number of carbonyl (C=O) groups is 3. The van der Waals surface area contributed by atoms with Gasteiger partial charge in [0.05, 0.1) is 64.9 Å². The zero-order valence-electron chi connectivity index (χ0n) is 20.8. The molecule has 11 heteroatoms. The molecule has 0 saturated carbocycles. The van der Waals surface area contributed by atoms with E-state index in [0.717, 1.165) is 0 Å². The Labute approximate surface area is 215 Å².